The second-order valence-corrected chi connectivity index (χ2v) is 3.99. The number of carboxylic acids is 1. The van der Waals surface area contributed by atoms with E-state index in [1.807, 2.05) is 18.2 Å². The first kappa shape index (κ1) is 13.8. The molecule has 0 saturated heterocycles. The number of aliphatic carboxylic acids is 1. The molecule has 2 rings (SSSR count). The van der Waals surface area contributed by atoms with Crippen LogP contribution in [0.3, 0.4) is 0 Å². The van der Waals surface area contributed by atoms with Crippen molar-refractivity contribution in [3.8, 4) is 11.3 Å². The molecule has 104 valence electrons. The third-order valence-electron chi connectivity index (χ3n) is 2.59. The molecule has 0 aliphatic rings. The van der Waals surface area contributed by atoms with Crippen LogP contribution in [0.1, 0.15) is 10.6 Å². The molecule has 0 spiro atoms. The Labute approximate surface area is 113 Å². The molecule has 0 unspecified atom stereocenters. The number of nitrogens with one attached hydrogen (secondary N) is 1. The zero-order chi connectivity index (χ0) is 14.5. The number of amides is 1. The van der Waals surface area contributed by atoms with Crippen LogP contribution >= 0.6 is 0 Å². The van der Waals surface area contributed by atoms with E-state index in [4.69, 9.17) is 14.7 Å². The third-order valence-corrected chi connectivity index (χ3v) is 2.59. The second kappa shape index (κ2) is 5.98. The van der Waals surface area contributed by atoms with Gasteiger partial charge in [-0.15, -0.1) is 0 Å². The lowest BCUT2D eigenvalue weighted by Gasteiger charge is -2.09. The van der Waals surface area contributed by atoms with Gasteiger partial charge < -0.3 is 20.1 Å². The van der Waals surface area contributed by atoms with Crippen molar-refractivity contribution in [3.63, 3.8) is 0 Å². The molecule has 1 atom stereocenters. The van der Waals surface area contributed by atoms with Gasteiger partial charge in [-0.1, -0.05) is 35.5 Å². The molecule has 0 aliphatic carbocycles. The molecule has 1 aromatic heterocycles. The predicted octanol–water partition coefficient (Wildman–Crippen LogP) is 0.517. The maximum absolute atomic E-state index is 11.7. The monoisotopic (exact) mass is 276 g/mol. The zero-order valence-corrected chi connectivity index (χ0v) is 10.3. The number of hydrogen-bond acceptors (Lipinski definition) is 5. The van der Waals surface area contributed by atoms with E-state index in [1.165, 1.54) is 6.07 Å². The summed E-state index contributed by atoms with van der Waals surface area (Å²) in [5.41, 5.74) is 1.24. The Bertz CT molecular complexity index is 608. The van der Waals surface area contributed by atoms with Gasteiger partial charge >= 0.3 is 5.97 Å². The van der Waals surface area contributed by atoms with E-state index in [0.717, 1.165) is 5.56 Å². The first-order valence-corrected chi connectivity index (χ1v) is 5.78. The van der Waals surface area contributed by atoms with Crippen molar-refractivity contribution in [2.24, 2.45) is 0 Å². The van der Waals surface area contributed by atoms with Crippen molar-refractivity contribution in [1.29, 1.82) is 0 Å². The van der Waals surface area contributed by atoms with Gasteiger partial charge in [0.25, 0.3) is 5.91 Å². The summed E-state index contributed by atoms with van der Waals surface area (Å²) in [5.74, 6) is -2.20. The average Bonchev–Trinajstić information content (AvgIpc) is 2.95. The van der Waals surface area contributed by atoms with Crippen molar-refractivity contribution >= 4 is 11.9 Å². The minimum atomic E-state index is -1.38. The Balaban J connectivity index is 2.13. The maximum Gasteiger partial charge on any atom is 0.328 e. The summed E-state index contributed by atoms with van der Waals surface area (Å²) in [4.78, 5) is 22.4. The van der Waals surface area contributed by atoms with Gasteiger partial charge in [-0.25, -0.2) is 4.79 Å². The second-order valence-electron chi connectivity index (χ2n) is 3.99. The molecule has 20 heavy (non-hydrogen) atoms. The molecule has 2 aromatic rings. The minimum Gasteiger partial charge on any atom is -0.480 e. The molecule has 1 amide bonds. The molecule has 0 radical (unpaired) electrons. The first-order valence-electron chi connectivity index (χ1n) is 5.78. The lowest BCUT2D eigenvalue weighted by molar-refractivity contribution is -0.140. The highest BCUT2D eigenvalue weighted by Gasteiger charge is 2.22. The number of nitrogens with zero attached hydrogens (tertiary/aromatic N) is 1. The number of carbonyl (C=O) groups is 2. The van der Waals surface area contributed by atoms with Gasteiger partial charge in [0.1, 0.15) is 5.69 Å². The molecular weight excluding hydrogens is 264 g/mol. The van der Waals surface area contributed by atoms with E-state index in [1.54, 1.807) is 12.1 Å². The van der Waals surface area contributed by atoms with Crippen LogP contribution in [0.2, 0.25) is 0 Å². The number of aliphatic hydroxyl groups excluding tert-OH is 1. The largest absolute Gasteiger partial charge is 0.480 e. The summed E-state index contributed by atoms with van der Waals surface area (Å²) in [7, 11) is 0. The van der Waals surface area contributed by atoms with Crippen LogP contribution in [0.25, 0.3) is 11.3 Å². The zero-order valence-electron chi connectivity index (χ0n) is 10.3. The number of aliphatic hydroxyl groups is 1. The molecule has 1 heterocycles. The summed E-state index contributed by atoms with van der Waals surface area (Å²) < 4.78 is 4.87. The first-order chi connectivity index (χ1) is 9.61. The van der Waals surface area contributed by atoms with Gasteiger partial charge in [0, 0.05) is 11.6 Å². The predicted molar refractivity (Wildman–Crippen MR) is 67.9 cm³/mol. The summed E-state index contributed by atoms with van der Waals surface area (Å²) >= 11 is 0. The average molecular weight is 276 g/mol. The summed E-state index contributed by atoms with van der Waals surface area (Å²) in [6, 6.07) is 9.09. The Kier molecular flexibility index (Phi) is 4.11. The highest BCUT2D eigenvalue weighted by molar-refractivity contribution is 5.95. The van der Waals surface area contributed by atoms with Gasteiger partial charge in [0.15, 0.2) is 6.04 Å². The summed E-state index contributed by atoms with van der Waals surface area (Å²) in [6.45, 7) is -0.708. The third kappa shape index (κ3) is 3.01. The Morgan fingerprint density at radius 1 is 1.30 bits per heavy atom. The SMILES string of the molecule is O=C(N[C@H](CO)C(=O)O)c1cc(-c2ccccc2)no1. The number of hydrogen-bond donors (Lipinski definition) is 3. The number of aromatic nitrogens is 1. The van der Waals surface area contributed by atoms with Crippen LogP contribution in [-0.4, -0.2) is 39.9 Å². The molecule has 3 N–H and O–H groups in total. The van der Waals surface area contributed by atoms with Crippen LogP contribution in [0.15, 0.2) is 40.9 Å². The fourth-order valence-electron chi connectivity index (χ4n) is 1.54. The van der Waals surface area contributed by atoms with Gasteiger partial charge in [0.05, 0.1) is 6.61 Å². The van der Waals surface area contributed by atoms with E-state index in [0.29, 0.717) is 5.69 Å². The number of benzene rings is 1. The van der Waals surface area contributed by atoms with Gasteiger partial charge in [-0.3, -0.25) is 4.79 Å². The molecule has 0 aliphatic heterocycles. The fourth-order valence-corrected chi connectivity index (χ4v) is 1.54. The molecule has 0 saturated carbocycles. The van der Waals surface area contributed by atoms with Gasteiger partial charge in [0.2, 0.25) is 5.76 Å². The topological polar surface area (TPSA) is 113 Å². The lowest BCUT2D eigenvalue weighted by Crippen LogP contribution is -2.43. The van der Waals surface area contributed by atoms with E-state index in [9.17, 15) is 9.59 Å². The standard InChI is InChI=1S/C13H12N2O5/c16-7-10(13(18)19)14-12(17)11-6-9(15-20-11)8-4-2-1-3-5-8/h1-6,10,16H,7H2,(H,14,17)(H,18,19)/t10-/m1/s1. The normalized spacial score (nSPS) is 11.8. The van der Waals surface area contributed by atoms with E-state index in [2.05, 4.69) is 10.5 Å². The highest BCUT2D eigenvalue weighted by atomic mass is 16.5. The number of carboxylic acid groups (broad SMARTS) is 1. The van der Waals surface area contributed by atoms with E-state index >= 15 is 0 Å². The van der Waals surface area contributed by atoms with Crippen molar-refractivity contribution < 1.29 is 24.3 Å². The van der Waals surface area contributed by atoms with Crippen molar-refractivity contribution in [3.05, 3.63) is 42.2 Å². The van der Waals surface area contributed by atoms with Crippen LogP contribution in [0, 0.1) is 0 Å². The molecule has 0 bridgehead atoms. The molecule has 0 fully saturated rings. The number of carbonyl (C=O) groups excluding carboxylic acids is 1. The van der Waals surface area contributed by atoms with Crippen molar-refractivity contribution in [2.45, 2.75) is 6.04 Å². The minimum absolute atomic E-state index is 0.122. The van der Waals surface area contributed by atoms with Crippen LogP contribution in [0.4, 0.5) is 0 Å². The van der Waals surface area contributed by atoms with Crippen molar-refractivity contribution in [2.75, 3.05) is 6.61 Å². The molecule has 7 heteroatoms. The number of rotatable bonds is 5. The fraction of sp³-hybridized carbons (Fsp3) is 0.154. The molecule has 1 aromatic carbocycles. The molecule has 7 nitrogen and oxygen atoms in total. The Morgan fingerprint density at radius 2 is 2.00 bits per heavy atom. The highest BCUT2D eigenvalue weighted by Crippen LogP contribution is 2.18. The lowest BCUT2D eigenvalue weighted by atomic mass is 10.1. The van der Waals surface area contributed by atoms with Gasteiger partial charge in [-0.05, 0) is 0 Å². The Morgan fingerprint density at radius 3 is 2.60 bits per heavy atom. The molecular formula is C13H12N2O5. The Hall–Kier alpha value is -2.67. The van der Waals surface area contributed by atoms with Crippen LogP contribution in [0.5, 0.6) is 0 Å². The summed E-state index contributed by atoms with van der Waals surface area (Å²) in [6.07, 6.45) is 0. The van der Waals surface area contributed by atoms with Crippen LogP contribution in [-0.2, 0) is 4.79 Å². The van der Waals surface area contributed by atoms with Crippen molar-refractivity contribution in [1.82, 2.24) is 10.5 Å². The smallest absolute Gasteiger partial charge is 0.328 e. The van der Waals surface area contributed by atoms with E-state index in [-0.39, 0.29) is 5.76 Å². The van der Waals surface area contributed by atoms with Gasteiger partial charge in [-0.2, -0.15) is 0 Å². The quantitative estimate of drug-likeness (QED) is 0.733. The maximum atomic E-state index is 11.7. The summed E-state index contributed by atoms with van der Waals surface area (Å²) in [5, 5.41) is 23.4. The van der Waals surface area contributed by atoms with Crippen LogP contribution < -0.4 is 5.32 Å². The van der Waals surface area contributed by atoms with E-state index < -0.39 is 24.5 Å².